The van der Waals surface area contributed by atoms with Gasteiger partial charge in [0.2, 0.25) is 5.89 Å². The Kier molecular flexibility index (Phi) is 6.36. The summed E-state index contributed by atoms with van der Waals surface area (Å²) >= 11 is 1.88. The molecule has 0 spiro atoms. The maximum absolute atomic E-state index is 5.39. The monoisotopic (exact) mass is 297 g/mol. The quantitative estimate of drug-likeness (QED) is 0.838. The van der Waals surface area contributed by atoms with E-state index in [1.807, 2.05) is 11.8 Å². The summed E-state index contributed by atoms with van der Waals surface area (Å²) in [5, 5.41) is 7.56. The molecule has 0 radical (unpaired) electrons. The second-order valence-corrected chi connectivity index (χ2v) is 7.33. The lowest BCUT2D eigenvalue weighted by Crippen LogP contribution is -2.33. The minimum Gasteiger partial charge on any atom is -0.339 e. The van der Waals surface area contributed by atoms with Gasteiger partial charge in [0.15, 0.2) is 5.82 Å². The highest BCUT2D eigenvalue weighted by Gasteiger charge is 2.22. The molecule has 0 bridgehead atoms. The summed E-state index contributed by atoms with van der Waals surface area (Å²) in [5.41, 5.74) is 0. The Hall–Kier alpha value is -0.550. The van der Waals surface area contributed by atoms with E-state index in [0.717, 1.165) is 42.1 Å². The van der Waals surface area contributed by atoms with Crippen molar-refractivity contribution >= 4 is 11.8 Å². The molecule has 1 saturated heterocycles. The highest BCUT2D eigenvalue weighted by Crippen LogP contribution is 2.23. The van der Waals surface area contributed by atoms with Gasteiger partial charge >= 0.3 is 0 Å². The third-order valence-electron chi connectivity index (χ3n) is 3.83. The Morgan fingerprint density at radius 3 is 2.95 bits per heavy atom. The molecule has 4 nitrogen and oxygen atoms in total. The van der Waals surface area contributed by atoms with Gasteiger partial charge in [0, 0.05) is 6.42 Å². The average Bonchev–Trinajstić information content (AvgIpc) is 2.87. The summed E-state index contributed by atoms with van der Waals surface area (Å²) in [6.45, 7) is 9.06. The van der Waals surface area contributed by atoms with Gasteiger partial charge in [-0.1, -0.05) is 25.9 Å². The third-order valence-corrected chi connectivity index (χ3v) is 5.19. The van der Waals surface area contributed by atoms with Gasteiger partial charge < -0.3 is 9.84 Å². The van der Waals surface area contributed by atoms with Crippen LogP contribution in [0.5, 0.6) is 0 Å². The fourth-order valence-electron chi connectivity index (χ4n) is 2.62. The number of hydrogen-bond acceptors (Lipinski definition) is 5. The second kappa shape index (κ2) is 8.03. The average molecular weight is 297 g/mol. The van der Waals surface area contributed by atoms with Crippen molar-refractivity contribution in [3.63, 3.8) is 0 Å². The maximum atomic E-state index is 5.39. The van der Waals surface area contributed by atoms with E-state index in [0.29, 0.717) is 11.8 Å². The summed E-state index contributed by atoms with van der Waals surface area (Å²) in [7, 11) is 0. The molecule has 5 heteroatoms. The molecule has 2 heterocycles. The van der Waals surface area contributed by atoms with E-state index in [9.17, 15) is 0 Å². The van der Waals surface area contributed by atoms with E-state index in [-0.39, 0.29) is 0 Å². The zero-order chi connectivity index (χ0) is 14.4. The number of rotatable bonds is 7. The van der Waals surface area contributed by atoms with Gasteiger partial charge in [-0.05, 0) is 49.4 Å². The molecule has 1 fully saturated rings. The van der Waals surface area contributed by atoms with Gasteiger partial charge in [0.1, 0.15) is 0 Å². The van der Waals surface area contributed by atoms with Crippen LogP contribution in [0.25, 0.3) is 0 Å². The lowest BCUT2D eigenvalue weighted by molar-refractivity contribution is 0.256. The van der Waals surface area contributed by atoms with E-state index in [1.165, 1.54) is 19.4 Å². The predicted molar refractivity (Wildman–Crippen MR) is 83.8 cm³/mol. The minimum absolute atomic E-state index is 0.611. The Balaban J connectivity index is 1.76. The normalized spacial score (nSPS) is 21.3. The van der Waals surface area contributed by atoms with Crippen molar-refractivity contribution in [1.82, 2.24) is 15.5 Å². The number of aromatic nitrogens is 2. The van der Waals surface area contributed by atoms with Crippen molar-refractivity contribution in [3.8, 4) is 0 Å². The summed E-state index contributed by atoms with van der Waals surface area (Å²) < 4.78 is 5.39. The fourth-order valence-corrected chi connectivity index (χ4v) is 3.51. The lowest BCUT2D eigenvalue weighted by atomic mass is 9.85. The van der Waals surface area contributed by atoms with Crippen LogP contribution in [-0.2, 0) is 12.2 Å². The molecule has 0 amide bonds. The zero-order valence-electron chi connectivity index (χ0n) is 12.9. The smallest absolute Gasteiger partial charge is 0.226 e. The highest BCUT2D eigenvalue weighted by atomic mass is 32.2. The molecule has 0 aromatic carbocycles. The van der Waals surface area contributed by atoms with Gasteiger partial charge in [-0.25, -0.2) is 0 Å². The van der Waals surface area contributed by atoms with E-state index < -0.39 is 0 Å². The van der Waals surface area contributed by atoms with Gasteiger partial charge in [0.25, 0.3) is 0 Å². The first kappa shape index (κ1) is 15.8. The maximum Gasteiger partial charge on any atom is 0.226 e. The van der Waals surface area contributed by atoms with Gasteiger partial charge in [-0.3, -0.25) is 0 Å². The van der Waals surface area contributed by atoms with Crippen LogP contribution in [-0.4, -0.2) is 29.0 Å². The SMILES string of the molecule is CC(C)CSCc1noc(CC(C)C2CCCNC2)n1. The standard InChI is InChI=1S/C15H27N3OS/c1-11(2)9-20-10-14-17-15(19-18-14)7-12(3)13-5-4-6-16-8-13/h11-13,16H,4-10H2,1-3H3. The van der Waals surface area contributed by atoms with E-state index in [1.54, 1.807) is 0 Å². The predicted octanol–water partition coefficient (Wildman–Crippen LogP) is 3.14. The minimum atomic E-state index is 0.611. The van der Waals surface area contributed by atoms with Crippen LogP contribution in [0.1, 0.15) is 45.3 Å². The van der Waals surface area contributed by atoms with Gasteiger partial charge in [-0.2, -0.15) is 16.7 Å². The topological polar surface area (TPSA) is 51.0 Å². The van der Waals surface area contributed by atoms with Crippen LogP contribution in [0.15, 0.2) is 4.52 Å². The Morgan fingerprint density at radius 1 is 1.40 bits per heavy atom. The molecule has 114 valence electrons. The molecule has 1 aromatic rings. The van der Waals surface area contributed by atoms with E-state index in [4.69, 9.17) is 4.52 Å². The van der Waals surface area contributed by atoms with Crippen LogP contribution in [0.3, 0.4) is 0 Å². The van der Waals surface area contributed by atoms with Crippen LogP contribution in [0.2, 0.25) is 0 Å². The molecular weight excluding hydrogens is 270 g/mol. The summed E-state index contributed by atoms with van der Waals surface area (Å²) in [4.78, 5) is 4.52. The first-order valence-corrected chi connectivity index (χ1v) is 8.90. The molecule has 1 aliphatic rings. The first-order chi connectivity index (χ1) is 9.65. The van der Waals surface area contributed by atoms with Gasteiger partial charge in [-0.15, -0.1) is 0 Å². The Bertz CT molecular complexity index is 388. The lowest BCUT2D eigenvalue weighted by Gasteiger charge is -2.27. The second-order valence-electron chi connectivity index (χ2n) is 6.30. The summed E-state index contributed by atoms with van der Waals surface area (Å²) in [5.74, 6) is 5.73. The van der Waals surface area contributed by atoms with Crippen LogP contribution < -0.4 is 5.32 Å². The number of nitrogens with zero attached hydrogens (tertiary/aromatic N) is 2. The molecule has 0 aliphatic carbocycles. The summed E-state index contributed by atoms with van der Waals surface area (Å²) in [6, 6.07) is 0. The van der Waals surface area contributed by atoms with Crippen molar-refractivity contribution in [3.05, 3.63) is 11.7 Å². The largest absolute Gasteiger partial charge is 0.339 e. The molecular formula is C15H27N3OS. The highest BCUT2D eigenvalue weighted by molar-refractivity contribution is 7.98. The Labute approximate surface area is 126 Å². The number of nitrogens with one attached hydrogen (secondary N) is 1. The van der Waals surface area contributed by atoms with E-state index in [2.05, 4.69) is 36.2 Å². The molecule has 1 aromatic heterocycles. The van der Waals surface area contributed by atoms with Crippen LogP contribution in [0.4, 0.5) is 0 Å². The van der Waals surface area contributed by atoms with Crippen molar-refractivity contribution in [2.75, 3.05) is 18.8 Å². The van der Waals surface area contributed by atoms with Crippen LogP contribution >= 0.6 is 11.8 Å². The fraction of sp³-hybridized carbons (Fsp3) is 0.867. The van der Waals surface area contributed by atoms with Crippen LogP contribution in [0, 0.1) is 17.8 Å². The number of hydrogen-bond donors (Lipinski definition) is 1. The Morgan fingerprint density at radius 2 is 2.25 bits per heavy atom. The molecule has 20 heavy (non-hydrogen) atoms. The molecule has 1 N–H and O–H groups in total. The number of piperidine rings is 1. The van der Waals surface area contributed by atoms with E-state index >= 15 is 0 Å². The first-order valence-electron chi connectivity index (χ1n) is 7.75. The molecule has 2 unspecified atom stereocenters. The molecule has 1 aliphatic heterocycles. The van der Waals surface area contributed by atoms with Crippen molar-refractivity contribution in [2.45, 2.75) is 45.8 Å². The molecule has 2 atom stereocenters. The van der Waals surface area contributed by atoms with Crippen molar-refractivity contribution < 1.29 is 4.52 Å². The van der Waals surface area contributed by atoms with Gasteiger partial charge in [0.05, 0.1) is 5.75 Å². The van der Waals surface area contributed by atoms with Crippen molar-refractivity contribution in [2.24, 2.45) is 17.8 Å². The van der Waals surface area contributed by atoms with Crippen molar-refractivity contribution in [1.29, 1.82) is 0 Å². The molecule has 0 saturated carbocycles. The summed E-state index contributed by atoms with van der Waals surface area (Å²) in [6.07, 6.45) is 3.52. The number of thioether (sulfide) groups is 1. The molecule has 2 rings (SSSR count). The third kappa shape index (κ3) is 5.09. The zero-order valence-corrected chi connectivity index (χ0v) is 13.7.